The topological polar surface area (TPSA) is 0 Å². The molecule has 0 aliphatic heterocycles. The van der Waals surface area contributed by atoms with Crippen LogP contribution in [0.2, 0.25) is 31.0 Å². The van der Waals surface area contributed by atoms with Gasteiger partial charge in [0.25, 0.3) is 6.69 Å². The van der Waals surface area contributed by atoms with Crippen LogP contribution in [0.5, 0.6) is 0 Å². The average Bonchev–Trinajstić information content (AvgIpc) is 2.13. The van der Waals surface area contributed by atoms with Gasteiger partial charge in [0, 0.05) is 8.07 Å². The van der Waals surface area contributed by atoms with Crippen LogP contribution in [0.1, 0.15) is 0 Å². The molecule has 7 heteroatoms. The molecule has 0 saturated carbocycles. The zero-order valence-electron chi connectivity index (χ0n) is 10.8. The Morgan fingerprint density at radius 2 is 1.33 bits per heavy atom. The molecule has 0 aliphatic carbocycles. The van der Waals surface area contributed by atoms with E-state index < -0.39 is 21.5 Å². The van der Waals surface area contributed by atoms with E-state index in [4.69, 9.17) is 44.3 Å². The second-order valence-electron chi connectivity index (χ2n) is 5.66. The maximum absolute atomic E-state index is 6.64. The van der Waals surface area contributed by atoms with Gasteiger partial charge in [-0.1, -0.05) is 43.4 Å². The van der Waals surface area contributed by atoms with E-state index in [0.717, 1.165) is 16.5 Å². The third-order valence-corrected chi connectivity index (χ3v) is 21.9. The first-order valence-electron chi connectivity index (χ1n) is 5.83. The summed E-state index contributed by atoms with van der Waals surface area (Å²) in [5.41, 5.74) is 1.83. The van der Waals surface area contributed by atoms with Gasteiger partial charge in [0.15, 0.2) is 0 Å². The SMILES string of the molecule is C[Si](Cl)(Cl)C[Si](C)(C)C[Si](Cl)(Cl)c1ccccc1. The number of hydrogen-bond donors (Lipinski definition) is 0. The van der Waals surface area contributed by atoms with Crippen molar-refractivity contribution in [1.82, 2.24) is 0 Å². The molecule has 18 heavy (non-hydrogen) atoms. The van der Waals surface area contributed by atoms with Crippen molar-refractivity contribution in [3.05, 3.63) is 30.3 Å². The second-order valence-corrected chi connectivity index (χ2v) is 27.0. The molecule has 0 atom stereocenters. The van der Waals surface area contributed by atoms with Crippen molar-refractivity contribution in [2.75, 3.05) is 0 Å². The molecule has 0 spiro atoms. The third-order valence-electron chi connectivity index (χ3n) is 2.69. The fourth-order valence-electron chi connectivity index (χ4n) is 2.29. The molecular weight excluding hydrogens is 358 g/mol. The molecule has 102 valence electrons. The fraction of sp³-hybridized carbons (Fsp3) is 0.455. The van der Waals surface area contributed by atoms with Gasteiger partial charge < -0.3 is 0 Å². The van der Waals surface area contributed by atoms with Crippen LogP contribution in [0, 0.1) is 0 Å². The first kappa shape index (κ1) is 17.1. The van der Waals surface area contributed by atoms with E-state index in [1.165, 1.54) is 0 Å². The summed E-state index contributed by atoms with van der Waals surface area (Å²) in [6.45, 7) is 2.04. The van der Waals surface area contributed by atoms with Crippen LogP contribution in [0.3, 0.4) is 0 Å². The summed E-state index contributed by atoms with van der Waals surface area (Å²) < 4.78 is 0. The Bertz CT molecular complexity index is 387. The normalized spacial score (nSPS) is 13.7. The predicted octanol–water partition coefficient (Wildman–Crippen LogP) is 5.15. The van der Waals surface area contributed by atoms with Gasteiger partial charge in [-0.3, -0.25) is 0 Å². The quantitative estimate of drug-likeness (QED) is 0.493. The Hall–Kier alpha value is 1.03. The van der Waals surface area contributed by atoms with Gasteiger partial charge >= 0.3 is 0 Å². The zero-order chi connectivity index (χ0) is 14.0. The monoisotopic (exact) mass is 374 g/mol. The largest absolute Gasteiger partial charge is 0.278 e. The molecule has 1 aromatic rings. The Morgan fingerprint density at radius 3 is 1.78 bits per heavy atom. The van der Waals surface area contributed by atoms with E-state index >= 15 is 0 Å². The van der Waals surface area contributed by atoms with E-state index in [-0.39, 0.29) is 0 Å². The Kier molecular flexibility index (Phi) is 5.89. The molecule has 0 radical (unpaired) electrons. The van der Waals surface area contributed by atoms with Crippen LogP contribution in [0.25, 0.3) is 0 Å². The number of hydrogen-bond acceptors (Lipinski definition) is 0. The highest BCUT2D eigenvalue weighted by Crippen LogP contribution is 2.34. The molecule has 1 rings (SSSR count). The summed E-state index contributed by atoms with van der Waals surface area (Å²) in [6.07, 6.45) is 0. The van der Waals surface area contributed by atoms with Crippen LogP contribution in [0.15, 0.2) is 30.3 Å². The summed E-state index contributed by atoms with van der Waals surface area (Å²) in [7, 11) is -1.56. The minimum atomic E-state index is -2.40. The van der Waals surface area contributed by atoms with Crippen LogP contribution in [-0.4, -0.2) is 21.5 Å². The number of halogens is 4. The van der Waals surface area contributed by atoms with Gasteiger partial charge in [0.1, 0.15) is 0 Å². The van der Waals surface area contributed by atoms with Crippen molar-refractivity contribution in [2.24, 2.45) is 0 Å². The summed E-state index contributed by atoms with van der Waals surface area (Å²) in [4.78, 5) is 0. The number of benzene rings is 1. The van der Waals surface area contributed by atoms with Crippen molar-refractivity contribution in [2.45, 2.75) is 31.0 Å². The molecule has 1 aromatic carbocycles. The minimum Gasteiger partial charge on any atom is -0.146 e. The molecule has 0 N–H and O–H groups in total. The molecule has 0 bridgehead atoms. The van der Waals surface area contributed by atoms with E-state index in [0.29, 0.717) is 0 Å². The van der Waals surface area contributed by atoms with Gasteiger partial charge in [-0.15, -0.1) is 44.3 Å². The highest BCUT2D eigenvalue weighted by Gasteiger charge is 2.42. The van der Waals surface area contributed by atoms with E-state index in [1.807, 2.05) is 36.9 Å². The third kappa shape index (κ3) is 5.99. The van der Waals surface area contributed by atoms with Crippen LogP contribution < -0.4 is 5.19 Å². The number of rotatable bonds is 5. The molecule has 0 fully saturated rings. The van der Waals surface area contributed by atoms with Gasteiger partial charge in [-0.2, -0.15) is 0 Å². The molecule has 0 aliphatic rings. The van der Waals surface area contributed by atoms with Crippen LogP contribution in [-0.2, 0) is 0 Å². The Balaban J connectivity index is 2.83. The highest BCUT2D eigenvalue weighted by atomic mass is 35.7. The Labute approximate surface area is 131 Å². The lowest BCUT2D eigenvalue weighted by atomic mass is 10.4. The molecule has 0 amide bonds. The standard InChI is InChI=1S/C11H18Cl4Si3/c1-16(2,9-17(3,12)13)10-18(14,15)11-7-5-4-6-8-11/h4-8H,9-10H2,1-3H3. The lowest BCUT2D eigenvalue weighted by Crippen LogP contribution is -2.47. The van der Waals surface area contributed by atoms with Crippen molar-refractivity contribution < 1.29 is 0 Å². The summed E-state index contributed by atoms with van der Waals surface area (Å²) >= 11 is 25.8. The van der Waals surface area contributed by atoms with Crippen LogP contribution in [0.4, 0.5) is 0 Å². The summed E-state index contributed by atoms with van der Waals surface area (Å²) in [5, 5.41) is 1.08. The first-order valence-corrected chi connectivity index (χ1v) is 18.2. The predicted molar refractivity (Wildman–Crippen MR) is 94.0 cm³/mol. The lowest BCUT2D eigenvalue weighted by molar-refractivity contribution is 1.55. The lowest BCUT2D eigenvalue weighted by Gasteiger charge is -2.31. The summed E-state index contributed by atoms with van der Waals surface area (Å²) in [6, 6.07) is 9.99. The van der Waals surface area contributed by atoms with Gasteiger partial charge in [-0.25, -0.2) is 0 Å². The first-order chi connectivity index (χ1) is 8.02. The maximum Gasteiger partial charge on any atom is 0.278 e. The molecule has 0 nitrogen and oxygen atoms in total. The molecule has 0 unspecified atom stereocenters. The molecular formula is C11H18Cl4Si3. The second kappa shape index (κ2) is 6.21. The maximum atomic E-state index is 6.64. The van der Waals surface area contributed by atoms with Crippen molar-refractivity contribution in [3.63, 3.8) is 0 Å². The minimum absolute atomic E-state index is 0.898. The van der Waals surface area contributed by atoms with E-state index in [9.17, 15) is 0 Å². The Morgan fingerprint density at radius 1 is 0.833 bits per heavy atom. The van der Waals surface area contributed by atoms with Gasteiger partial charge in [-0.05, 0) is 23.1 Å². The molecule has 0 aromatic heterocycles. The van der Waals surface area contributed by atoms with Crippen molar-refractivity contribution in [3.8, 4) is 0 Å². The molecule has 0 heterocycles. The van der Waals surface area contributed by atoms with E-state index in [1.54, 1.807) is 0 Å². The highest BCUT2D eigenvalue weighted by molar-refractivity contribution is 7.54. The van der Waals surface area contributed by atoms with Gasteiger partial charge in [0.2, 0.25) is 6.69 Å². The van der Waals surface area contributed by atoms with Gasteiger partial charge in [0.05, 0.1) is 0 Å². The summed E-state index contributed by atoms with van der Waals surface area (Å²) in [5.74, 6) is 0. The zero-order valence-corrected chi connectivity index (χ0v) is 16.8. The van der Waals surface area contributed by atoms with Crippen molar-refractivity contribution in [1.29, 1.82) is 0 Å². The van der Waals surface area contributed by atoms with Crippen LogP contribution >= 0.6 is 44.3 Å². The van der Waals surface area contributed by atoms with E-state index in [2.05, 4.69) is 13.1 Å². The average molecular weight is 376 g/mol. The van der Waals surface area contributed by atoms with Crippen molar-refractivity contribution >= 4 is 71.0 Å². The fourth-order valence-corrected chi connectivity index (χ4v) is 30.7. The molecule has 0 saturated heterocycles. The smallest absolute Gasteiger partial charge is 0.146 e.